The van der Waals surface area contributed by atoms with Crippen molar-refractivity contribution in [2.24, 2.45) is 5.41 Å². The van der Waals surface area contributed by atoms with E-state index in [1.54, 1.807) is 23.1 Å². The Morgan fingerprint density at radius 1 is 1.19 bits per heavy atom. The highest BCUT2D eigenvalue weighted by atomic mass is 32.2. The number of fused-ring (bicyclic) bond motifs is 1. The lowest BCUT2D eigenvalue weighted by Crippen LogP contribution is -2.53. The van der Waals surface area contributed by atoms with Crippen molar-refractivity contribution >= 4 is 21.9 Å². The van der Waals surface area contributed by atoms with Crippen molar-refractivity contribution in [2.45, 2.75) is 17.7 Å². The molecule has 0 aliphatic carbocycles. The van der Waals surface area contributed by atoms with Crippen LogP contribution in [-0.2, 0) is 19.6 Å². The summed E-state index contributed by atoms with van der Waals surface area (Å²) in [4.78, 5) is 26.2. The molecule has 0 N–H and O–H groups in total. The van der Waals surface area contributed by atoms with Crippen LogP contribution in [0.5, 0.6) is 5.75 Å². The van der Waals surface area contributed by atoms with E-state index in [1.165, 1.54) is 25.4 Å². The van der Waals surface area contributed by atoms with E-state index >= 15 is 0 Å². The van der Waals surface area contributed by atoms with Crippen molar-refractivity contribution in [3.8, 4) is 5.75 Å². The number of carbonyl (C=O) groups is 2. The Morgan fingerprint density at radius 2 is 1.94 bits per heavy atom. The van der Waals surface area contributed by atoms with Gasteiger partial charge >= 0.3 is 5.97 Å². The average molecular weight is 449 g/mol. The van der Waals surface area contributed by atoms with E-state index in [0.29, 0.717) is 25.9 Å². The van der Waals surface area contributed by atoms with Gasteiger partial charge in [-0.25, -0.2) is 8.42 Å². The smallest absolute Gasteiger partial charge is 0.321 e. The van der Waals surface area contributed by atoms with Crippen LogP contribution in [0.3, 0.4) is 0 Å². The number of methoxy groups -OCH3 is 1. The van der Waals surface area contributed by atoms with Gasteiger partial charge in [-0.15, -0.1) is 0 Å². The number of para-hydroxylation sites is 1. The summed E-state index contributed by atoms with van der Waals surface area (Å²) in [7, 11) is -2.76. The summed E-state index contributed by atoms with van der Waals surface area (Å²) in [6.07, 6.45) is 2.42. The van der Waals surface area contributed by atoms with E-state index in [9.17, 15) is 18.0 Å². The minimum Gasteiger partial charge on any atom is -0.492 e. The maximum Gasteiger partial charge on any atom is 0.321 e. The number of esters is 1. The third-order valence-electron chi connectivity index (χ3n) is 5.81. The van der Waals surface area contributed by atoms with Crippen molar-refractivity contribution in [1.29, 1.82) is 0 Å². The Hall–Kier alpha value is -2.92. The van der Waals surface area contributed by atoms with E-state index in [4.69, 9.17) is 14.0 Å². The van der Waals surface area contributed by atoms with Crippen molar-refractivity contribution in [3.05, 3.63) is 42.3 Å². The molecule has 2 aliphatic rings. The molecule has 1 aromatic carbocycles. The van der Waals surface area contributed by atoms with Crippen molar-refractivity contribution < 1.29 is 32.0 Å². The van der Waals surface area contributed by atoms with E-state index < -0.39 is 28.0 Å². The first-order chi connectivity index (χ1) is 14.8. The molecular weight excluding hydrogens is 426 g/mol. The molecule has 0 atom stereocenters. The van der Waals surface area contributed by atoms with Gasteiger partial charge in [0.1, 0.15) is 17.2 Å². The molecule has 2 aromatic rings. The lowest BCUT2D eigenvalue weighted by molar-refractivity contribution is -0.141. The fraction of sp³-hybridized carbons (Fsp3) is 0.450. The second-order valence-corrected chi connectivity index (χ2v) is 9.66. The second-order valence-electron chi connectivity index (χ2n) is 7.75. The number of piperidine rings is 1. The predicted molar refractivity (Wildman–Crippen MR) is 107 cm³/mol. The molecular formula is C20H23N3O7S. The molecule has 1 spiro atoms. The number of likely N-dealkylation sites (tertiary alicyclic amines) is 1. The molecule has 4 rings (SSSR count). The van der Waals surface area contributed by atoms with Crippen LogP contribution in [0.15, 0.2) is 45.9 Å². The SMILES string of the molecule is COC(=O)CN1CC2(CCN(C(=O)c3ccno3)CC2)COc2ccccc2S1(=O)=O. The molecule has 0 unspecified atom stereocenters. The highest BCUT2D eigenvalue weighted by molar-refractivity contribution is 7.89. The number of benzene rings is 1. The Labute approximate surface area is 179 Å². The standard InChI is InChI=1S/C20H23N3O7S/c1-28-18(24)12-23-13-20(14-29-15-4-2-3-5-17(15)31(23,26)27)7-10-22(11-8-20)19(25)16-6-9-21-30-16/h2-6,9H,7-8,10-14H2,1H3. The quantitative estimate of drug-likeness (QED) is 0.640. The van der Waals surface area contributed by atoms with Crippen LogP contribution in [0.25, 0.3) is 0 Å². The zero-order valence-corrected chi connectivity index (χ0v) is 17.8. The van der Waals surface area contributed by atoms with Crippen LogP contribution in [0, 0.1) is 5.41 Å². The van der Waals surface area contributed by atoms with Crippen LogP contribution < -0.4 is 4.74 Å². The largest absolute Gasteiger partial charge is 0.492 e. The summed E-state index contributed by atoms with van der Waals surface area (Å²) < 4.78 is 43.5. The number of aromatic nitrogens is 1. The molecule has 166 valence electrons. The zero-order chi connectivity index (χ0) is 22.1. The molecule has 0 saturated carbocycles. The van der Waals surface area contributed by atoms with E-state index in [2.05, 4.69) is 5.16 Å². The number of amides is 1. The third kappa shape index (κ3) is 4.15. The monoisotopic (exact) mass is 449 g/mol. The summed E-state index contributed by atoms with van der Waals surface area (Å²) in [5.41, 5.74) is -0.563. The van der Waals surface area contributed by atoms with Crippen LogP contribution >= 0.6 is 0 Å². The number of ether oxygens (including phenoxy) is 2. The van der Waals surface area contributed by atoms with Gasteiger partial charge in [-0.1, -0.05) is 17.3 Å². The van der Waals surface area contributed by atoms with Gasteiger partial charge in [0.15, 0.2) is 0 Å². The molecule has 11 heteroatoms. The predicted octanol–water partition coefficient (Wildman–Crippen LogP) is 1.15. The summed E-state index contributed by atoms with van der Waals surface area (Å²) >= 11 is 0. The number of rotatable bonds is 3. The van der Waals surface area contributed by atoms with Gasteiger partial charge in [0.2, 0.25) is 15.8 Å². The summed E-state index contributed by atoms with van der Waals surface area (Å²) in [6, 6.07) is 7.89. The fourth-order valence-corrected chi connectivity index (χ4v) is 5.60. The van der Waals surface area contributed by atoms with Gasteiger partial charge < -0.3 is 18.9 Å². The van der Waals surface area contributed by atoms with Gasteiger partial charge in [-0.2, -0.15) is 4.31 Å². The van der Waals surface area contributed by atoms with Gasteiger partial charge in [0.25, 0.3) is 5.91 Å². The first kappa shape index (κ1) is 21.3. The second kappa shape index (κ2) is 8.31. The highest BCUT2D eigenvalue weighted by Crippen LogP contribution is 2.39. The Kier molecular flexibility index (Phi) is 5.71. The van der Waals surface area contributed by atoms with Gasteiger partial charge in [0.05, 0.1) is 19.9 Å². The molecule has 1 fully saturated rings. The zero-order valence-electron chi connectivity index (χ0n) is 17.0. The Bertz CT molecular complexity index is 1060. The van der Waals surface area contributed by atoms with Gasteiger partial charge in [-0.3, -0.25) is 9.59 Å². The van der Waals surface area contributed by atoms with Crippen LogP contribution in [0.1, 0.15) is 23.4 Å². The van der Waals surface area contributed by atoms with E-state index in [1.807, 2.05) is 0 Å². The minimum absolute atomic E-state index is 0.0201. The average Bonchev–Trinajstić information content (AvgIpc) is 3.32. The number of carbonyl (C=O) groups excluding carboxylic acids is 2. The van der Waals surface area contributed by atoms with E-state index in [-0.39, 0.29) is 35.5 Å². The first-order valence-corrected chi connectivity index (χ1v) is 11.3. The lowest BCUT2D eigenvalue weighted by Gasteiger charge is -2.44. The molecule has 0 radical (unpaired) electrons. The maximum atomic E-state index is 13.3. The first-order valence-electron chi connectivity index (χ1n) is 9.83. The van der Waals surface area contributed by atoms with Crippen molar-refractivity contribution in [1.82, 2.24) is 14.4 Å². The highest BCUT2D eigenvalue weighted by Gasteiger charge is 2.44. The van der Waals surface area contributed by atoms with Crippen LogP contribution in [0.2, 0.25) is 0 Å². The Balaban J connectivity index is 1.61. The number of hydrogen-bond acceptors (Lipinski definition) is 8. The molecule has 1 amide bonds. The number of sulfonamides is 1. The molecule has 31 heavy (non-hydrogen) atoms. The van der Waals surface area contributed by atoms with Crippen LogP contribution in [0.4, 0.5) is 0 Å². The lowest BCUT2D eigenvalue weighted by atomic mass is 9.78. The van der Waals surface area contributed by atoms with Crippen molar-refractivity contribution in [2.75, 3.05) is 39.9 Å². The summed E-state index contributed by atoms with van der Waals surface area (Å²) in [5.74, 6) is -0.496. The molecule has 0 bridgehead atoms. The maximum absolute atomic E-state index is 13.3. The molecule has 10 nitrogen and oxygen atoms in total. The van der Waals surface area contributed by atoms with Crippen LogP contribution in [-0.4, -0.2) is 74.6 Å². The Morgan fingerprint density at radius 3 is 2.61 bits per heavy atom. The fourth-order valence-electron chi connectivity index (χ4n) is 3.98. The summed E-state index contributed by atoms with van der Waals surface area (Å²) in [5, 5.41) is 3.57. The topological polar surface area (TPSA) is 119 Å². The molecule has 3 heterocycles. The van der Waals surface area contributed by atoms with Crippen molar-refractivity contribution in [3.63, 3.8) is 0 Å². The number of nitrogens with zero attached hydrogens (tertiary/aromatic N) is 3. The minimum atomic E-state index is -3.98. The normalized spacial score (nSPS) is 20.2. The molecule has 1 aromatic heterocycles. The molecule has 1 saturated heterocycles. The van der Waals surface area contributed by atoms with E-state index in [0.717, 1.165) is 4.31 Å². The van der Waals surface area contributed by atoms with Gasteiger partial charge in [-0.05, 0) is 25.0 Å². The van der Waals surface area contributed by atoms with Gasteiger partial charge in [0, 0.05) is 31.1 Å². The third-order valence-corrected chi connectivity index (χ3v) is 7.64. The molecule has 2 aliphatic heterocycles. The number of hydrogen-bond donors (Lipinski definition) is 0. The summed E-state index contributed by atoms with van der Waals surface area (Å²) in [6.45, 7) is 0.758.